The maximum Gasteiger partial charge on any atom is 0.251 e. The number of carbonyl (C=O) groups is 1. The van der Waals surface area contributed by atoms with Crippen molar-refractivity contribution < 1.29 is 9.53 Å². The van der Waals surface area contributed by atoms with Crippen LogP contribution in [-0.4, -0.2) is 31.5 Å². The molecule has 3 nitrogen and oxygen atoms in total. The van der Waals surface area contributed by atoms with Gasteiger partial charge in [0.25, 0.3) is 5.91 Å². The van der Waals surface area contributed by atoms with Crippen LogP contribution in [0.1, 0.15) is 15.9 Å². The first-order valence-corrected chi connectivity index (χ1v) is 6.03. The normalized spacial score (nSPS) is 12.2. The number of carbonyl (C=O) groups excluding carboxylic acids is 1. The first-order chi connectivity index (χ1) is 8.04. The molecule has 0 saturated carbocycles. The van der Waals surface area contributed by atoms with E-state index in [0.717, 1.165) is 5.56 Å². The zero-order chi connectivity index (χ0) is 12.8. The van der Waals surface area contributed by atoms with E-state index in [4.69, 9.17) is 27.9 Å². The van der Waals surface area contributed by atoms with Crippen LogP contribution in [0.15, 0.2) is 18.2 Å². The summed E-state index contributed by atoms with van der Waals surface area (Å²) in [4.78, 5) is 11.8. The molecule has 1 amide bonds. The van der Waals surface area contributed by atoms with E-state index in [9.17, 15) is 4.79 Å². The lowest BCUT2D eigenvalue weighted by Gasteiger charge is -2.10. The van der Waals surface area contributed by atoms with Crippen molar-refractivity contribution in [3.63, 3.8) is 0 Å². The van der Waals surface area contributed by atoms with E-state index in [1.54, 1.807) is 25.3 Å². The Morgan fingerprint density at radius 2 is 2.24 bits per heavy atom. The van der Waals surface area contributed by atoms with Gasteiger partial charge in [-0.15, -0.1) is 11.6 Å². The van der Waals surface area contributed by atoms with Gasteiger partial charge in [0.05, 0.1) is 12.0 Å². The Labute approximate surface area is 111 Å². The summed E-state index contributed by atoms with van der Waals surface area (Å²) in [5.74, 6) is -0.161. The minimum Gasteiger partial charge on any atom is -0.383 e. The number of methoxy groups -OCH3 is 1. The molecule has 0 spiro atoms. The zero-order valence-electron chi connectivity index (χ0n) is 9.80. The van der Waals surface area contributed by atoms with E-state index in [1.165, 1.54) is 0 Å². The number of aryl methyl sites for hydroxylation is 1. The summed E-state index contributed by atoms with van der Waals surface area (Å²) >= 11 is 11.8. The van der Waals surface area contributed by atoms with Gasteiger partial charge in [0.2, 0.25) is 0 Å². The predicted molar refractivity (Wildman–Crippen MR) is 70.0 cm³/mol. The highest BCUT2D eigenvalue weighted by Crippen LogP contribution is 2.16. The van der Waals surface area contributed by atoms with E-state index >= 15 is 0 Å². The van der Waals surface area contributed by atoms with Crippen molar-refractivity contribution in [3.05, 3.63) is 34.3 Å². The molecule has 0 aliphatic rings. The third-order valence-electron chi connectivity index (χ3n) is 2.25. The molecule has 0 aromatic heterocycles. The molecular weight excluding hydrogens is 261 g/mol. The Bertz CT molecular complexity index is 396. The lowest BCUT2D eigenvalue weighted by Crippen LogP contribution is -2.31. The first-order valence-electron chi connectivity index (χ1n) is 5.22. The summed E-state index contributed by atoms with van der Waals surface area (Å²) < 4.78 is 4.88. The third kappa shape index (κ3) is 4.54. The van der Waals surface area contributed by atoms with Crippen molar-refractivity contribution in [1.29, 1.82) is 0 Å². The smallest absolute Gasteiger partial charge is 0.251 e. The van der Waals surface area contributed by atoms with Crippen molar-refractivity contribution in [2.24, 2.45) is 0 Å². The van der Waals surface area contributed by atoms with Gasteiger partial charge in [-0.1, -0.05) is 11.6 Å². The summed E-state index contributed by atoms with van der Waals surface area (Å²) in [5, 5.41) is 3.16. The molecule has 94 valence electrons. The monoisotopic (exact) mass is 275 g/mol. The minimum absolute atomic E-state index is 0.161. The lowest BCUT2D eigenvalue weighted by molar-refractivity contribution is 0.0949. The molecule has 1 unspecified atom stereocenters. The molecule has 1 rings (SSSR count). The Balaban J connectivity index is 2.55. The van der Waals surface area contributed by atoms with E-state index in [-0.39, 0.29) is 11.3 Å². The van der Waals surface area contributed by atoms with Crippen LogP contribution >= 0.6 is 23.2 Å². The first kappa shape index (κ1) is 14.3. The molecule has 0 bridgehead atoms. The van der Waals surface area contributed by atoms with Crippen molar-refractivity contribution in [2.45, 2.75) is 12.3 Å². The summed E-state index contributed by atoms with van der Waals surface area (Å²) in [6.45, 7) is 2.63. The Morgan fingerprint density at radius 3 is 2.82 bits per heavy atom. The third-order valence-corrected chi connectivity index (χ3v) is 2.96. The molecule has 17 heavy (non-hydrogen) atoms. The second-order valence-electron chi connectivity index (χ2n) is 3.73. The SMILES string of the molecule is COCC(Cl)CNC(=O)c1ccc(Cl)c(C)c1. The molecular formula is C12H15Cl2NO2. The molecule has 0 saturated heterocycles. The number of nitrogens with one attached hydrogen (secondary N) is 1. The predicted octanol–water partition coefficient (Wildman–Crippen LogP) is 2.63. The highest BCUT2D eigenvalue weighted by molar-refractivity contribution is 6.31. The fourth-order valence-corrected chi connectivity index (χ4v) is 1.65. The van der Waals surface area contributed by atoms with Gasteiger partial charge < -0.3 is 10.1 Å². The molecule has 0 aliphatic heterocycles. The van der Waals surface area contributed by atoms with Crippen LogP contribution in [0.2, 0.25) is 5.02 Å². The van der Waals surface area contributed by atoms with Crippen LogP contribution in [0.3, 0.4) is 0 Å². The van der Waals surface area contributed by atoms with Gasteiger partial charge in [0.1, 0.15) is 0 Å². The Morgan fingerprint density at radius 1 is 1.53 bits per heavy atom. The molecule has 1 aromatic carbocycles. The van der Waals surface area contributed by atoms with E-state index in [0.29, 0.717) is 23.7 Å². The van der Waals surface area contributed by atoms with Crippen LogP contribution in [-0.2, 0) is 4.74 Å². The van der Waals surface area contributed by atoms with Gasteiger partial charge in [-0.2, -0.15) is 0 Å². The maximum absolute atomic E-state index is 11.8. The molecule has 1 N–H and O–H groups in total. The average Bonchev–Trinajstić information content (AvgIpc) is 2.30. The molecule has 5 heteroatoms. The fourth-order valence-electron chi connectivity index (χ4n) is 1.33. The number of alkyl halides is 1. The van der Waals surface area contributed by atoms with E-state index in [2.05, 4.69) is 5.32 Å². The van der Waals surface area contributed by atoms with Gasteiger partial charge in [0, 0.05) is 24.2 Å². The number of hydrogen-bond donors (Lipinski definition) is 1. The van der Waals surface area contributed by atoms with Crippen molar-refractivity contribution in [3.8, 4) is 0 Å². The lowest BCUT2D eigenvalue weighted by atomic mass is 10.1. The highest BCUT2D eigenvalue weighted by atomic mass is 35.5. The number of amides is 1. The zero-order valence-corrected chi connectivity index (χ0v) is 11.3. The van der Waals surface area contributed by atoms with Gasteiger partial charge in [-0.25, -0.2) is 0 Å². The molecule has 1 atom stereocenters. The summed E-state index contributed by atoms with van der Waals surface area (Å²) in [7, 11) is 1.57. The van der Waals surface area contributed by atoms with Crippen molar-refractivity contribution >= 4 is 29.1 Å². The second kappa shape index (κ2) is 6.84. The molecule has 0 heterocycles. The van der Waals surface area contributed by atoms with Gasteiger partial charge >= 0.3 is 0 Å². The van der Waals surface area contributed by atoms with Crippen molar-refractivity contribution in [1.82, 2.24) is 5.32 Å². The highest BCUT2D eigenvalue weighted by Gasteiger charge is 2.09. The maximum atomic E-state index is 11.8. The quantitative estimate of drug-likeness (QED) is 0.839. The Kier molecular flexibility index (Phi) is 5.75. The molecule has 0 fully saturated rings. The standard InChI is InChI=1S/C12H15Cl2NO2/c1-8-5-9(3-4-11(8)14)12(16)15-6-10(13)7-17-2/h3-5,10H,6-7H2,1-2H3,(H,15,16). The number of benzene rings is 1. The topological polar surface area (TPSA) is 38.3 Å². The summed E-state index contributed by atoms with van der Waals surface area (Å²) in [6, 6.07) is 5.14. The van der Waals surface area contributed by atoms with Gasteiger partial charge in [-0.3, -0.25) is 4.79 Å². The average molecular weight is 276 g/mol. The van der Waals surface area contributed by atoms with Crippen LogP contribution in [0.5, 0.6) is 0 Å². The van der Waals surface area contributed by atoms with Gasteiger partial charge in [0.15, 0.2) is 0 Å². The Hall–Kier alpha value is -0.770. The van der Waals surface area contributed by atoms with Crippen molar-refractivity contribution in [2.75, 3.05) is 20.3 Å². The summed E-state index contributed by atoms with van der Waals surface area (Å²) in [6.07, 6.45) is 0. The van der Waals surface area contributed by atoms with Crippen LogP contribution in [0, 0.1) is 6.92 Å². The van der Waals surface area contributed by atoms with E-state index < -0.39 is 0 Å². The molecule has 1 aromatic rings. The molecule has 0 radical (unpaired) electrons. The second-order valence-corrected chi connectivity index (χ2v) is 4.75. The van der Waals surface area contributed by atoms with Crippen LogP contribution in [0.25, 0.3) is 0 Å². The fraction of sp³-hybridized carbons (Fsp3) is 0.417. The number of halogens is 2. The van der Waals surface area contributed by atoms with Crippen LogP contribution in [0.4, 0.5) is 0 Å². The largest absolute Gasteiger partial charge is 0.383 e. The minimum atomic E-state index is -0.225. The number of rotatable bonds is 5. The summed E-state index contributed by atoms with van der Waals surface area (Å²) in [5.41, 5.74) is 1.45. The number of hydrogen-bond acceptors (Lipinski definition) is 2. The van der Waals surface area contributed by atoms with Crippen LogP contribution < -0.4 is 5.32 Å². The number of ether oxygens (including phenoxy) is 1. The molecule has 0 aliphatic carbocycles. The van der Waals surface area contributed by atoms with Gasteiger partial charge in [-0.05, 0) is 30.7 Å². The van der Waals surface area contributed by atoms with E-state index in [1.807, 2.05) is 6.92 Å².